The lowest BCUT2D eigenvalue weighted by Gasteiger charge is -2.26. The molecule has 0 radical (unpaired) electrons. The summed E-state index contributed by atoms with van der Waals surface area (Å²) in [7, 11) is 0. The van der Waals surface area contributed by atoms with E-state index in [1.165, 1.54) is 56.1 Å². The fraction of sp³-hybridized carbons (Fsp3) is 0.500. The molecule has 0 heterocycles. The third kappa shape index (κ3) is 6.79. The molecule has 1 aromatic rings. The van der Waals surface area contributed by atoms with Gasteiger partial charge in [0.2, 0.25) is 0 Å². The summed E-state index contributed by atoms with van der Waals surface area (Å²) in [5.41, 5.74) is 2.64. The summed E-state index contributed by atoms with van der Waals surface area (Å²) in [6.07, 6.45) is 19.1. The van der Waals surface area contributed by atoms with Crippen molar-refractivity contribution >= 4 is 6.08 Å². The number of aryl methyl sites for hydroxylation is 1. The van der Waals surface area contributed by atoms with Crippen molar-refractivity contribution in [1.29, 1.82) is 0 Å². The van der Waals surface area contributed by atoms with Crippen molar-refractivity contribution in [3.05, 3.63) is 53.6 Å². The van der Waals surface area contributed by atoms with Crippen LogP contribution in [0.3, 0.4) is 0 Å². The van der Waals surface area contributed by atoms with Crippen molar-refractivity contribution < 1.29 is 0 Å². The second-order valence-corrected chi connectivity index (χ2v) is 7.04. The van der Waals surface area contributed by atoms with E-state index in [2.05, 4.69) is 68.2 Å². The van der Waals surface area contributed by atoms with Crippen LogP contribution in [0.4, 0.5) is 0 Å². The Morgan fingerprint density at radius 2 is 1.62 bits per heavy atom. The minimum absolute atomic E-state index is 0.752. The lowest BCUT2D eigenvalue weighted by Crippen LogP contribution is -2.12. The number of hydrogen-bond acceptors (Lipinski definition) is 0. The third-order valence-corrected chi connectivity index (χ3v) is 5.00. The first-order valence-electron chi connectivity index (χ1n) is 9.75. The summed E-state index contributed by atoms with van der Waals surface area (Å²) in [5, 5.41) is 0. The van der Waals surface area contributed by atoms with Gasteiger partial charge in [-0.2, -0.15) is 0 Å². The Morgan fingerprint density at radius 1 is 0.917 bits per heavy atom. The van der Waals surface area contributed by atoms with Crippen LogP contribution in [0.5, 0.6) is 0 Å². The van der Waals surface area contributed by atoms with Crippen LogP contribution in [0.25, 0.3) is 6.08 Å². The maximum absolute atomic E-state index is 3.15. The Labute approximate surface area is 149 Å². The summed E-state index contributed by atoms with van der Waals surface area (Å²) in [6, 6.07) is 8.78. The maximum Gasteiger partial charge on any atom is -0.0109 e. The van der Waals surface area contributed by atoms with Crippen LogP contribution in [-0.4, -0.2) is 0 Å². The lowest BCUT2D eigenvalue weighted by molar-refractivity contribution is 0.294. The zero-order valence-corrected chi connectivity index (χ0v) is 15.4. The predicted octanol–water partition coefficient (Wildman–Crippen LogP) is 6.82. The summed E-state index contributed by atoms with van der Waals surface area (Å²) >= 11 is 0. The molecule has 0 nitrogen and oxygen atoms in total. The molecule has 0 unspecified atom stereocenters. The van der Waals surface area contributed by atoms with Gasteiger partial charge in [0.15, 0.2) is 0 Å². The molecule has 0 amide bonds. The van der Waals surface area contributed by atoms with E-state index in [-0.39, 0.29) is 0 Å². The average Bonchev–Trinajstić information content (AvgIpc) is 2.61. The van der Waals surface area contributed by atoms with E-state index < -0.39 is 0 Å². The van der Waals surface area contributed by atoms with Crippen LogP contribution in [0.15, 0.2) is 42.5 Å². The smallest absolute Gasteiger partial charge is 0.0109 e. The summed E-state index contributed by atoms with van der Waals surface area (Å²) < 4.78 is 0. The molecular weight excluding hydrogens is 288 g/mol. The van der Waals surface area contributed by atoms with Gasteiger partial charge in [-0.3, -0.25) is 0 Å². The zero-order chi connectivity index (χ0) is 17.0. The van der Waals surface area contributed by atoms with Crippen LogP contribution in [0, 0.1) is 23.7 Å². The van der Waals surface area contributed by atoms with Crippen molar-refractivity contribution in [1.82, 2.24) is 0 Å². The van der Waals surface area contributed by atoms with E-state index >= 15 is 0 Å². The third-order valence-electron chi connectivity index (χ3n) is 5.00. The van der Waals surface area contributed by atoms with Crippen LogP contribution >= 0.6 is 0 Å². The fourth-order valence-electron chi connectivity index (χ4n) is 3.58. The van der Waals surface area contributed by atoms with Gasteiger partial charge in [-0.25, -0.2) is 0 Å². The quantitative estimate of drug-likeness (QED) is 0.504. The molecule has 0 bridgehead atoms. The van der Waals surface area contributed by atoms with Crippen LogP contribution in [-0.2, 0) is 6.42 Å². The van der Waals surface area contributed by atoms with E-state index in [1.54, 1.807) is 0 Å². The van der Waals surface area contributed by atoms with Crippen LogP contribution < -0.4 is 0 Å². The van der Waals surface area contributed by atoms with Crippen molar-refractivity contribution in [2.75, 3.05) is 0 Å². The largest absolute Gasteiger partial charge is 0.0730 e. The molecule has 1 aliphatic rings. The summed E-state index contributed by atoms with van der Waals surface area (Å²) in [5.74, 6) is 8.01. The molecule has 0 spiro atoms. The van der Waals surface area contributed by atoms with E-state index in [1.807, 2.05) is 6.08 Å². The van der Waals surface area contributed by atoms with Gasteiger partial charge in [0.1, 0.15) is 0 Å². The molecule has 0 N–H and O–H groups in total. The average molecular weight is 321 g/mol. The molecule has 128 valence electrons. The number of allylic oxidation sites excluding steroid dienone is 3. The molecule has 0 heteroatoms. The molecule has 1 saturated carbocycles. The molecule has 2 rings (SSSR count). The Morgan fingerprint density at radius 3 is 2.29 bits per heavy atom. The highest BCUT2D eigenvalue weighted by Crippen LogP contribution is 2.31. The first-order chi connectivity index (χ1) is 11.8. The first-order valence-corrected chi connectivity index (χ1v) is 9.75. The van der Waals surface area contributed by atoms with E-state index in [0.29, 0.717) is 0 Å². The summed E-state index contributed by atoms with van der Waals surface area (Å²) in [4.78, 5) is 0. The molecule has 0 aliphatic heterocycles. The second-order valence-electron chi connectivity index (χ2n) is 7.04. The van der Waals surface area contributed by atoms with Gasteiger partial charge >= 0.3 is 0 Å². The molecule has 0 saturated heterocycles. The highest BCUT2D eigenvalue weighted by molar-refractivity contribution is 5.53. The van der Waals surface area contributed by atoms with Crippen molar-refractivity contribution in [3.63, 3.8) is 0 Å². The number of rotatable bonds is 6. The summed E-state index contributed by atoms with van der Waals surface area (Å²) in [6.45, 7) is 4.52. The number of hydrogen-bond donors (Lipinski definition) is 0. The standard InChI is InChI=1S/C24H32/c1-3-9-21-13-17-23(18-14-21)11-7-5-6-8-12-24-19-15-22(10-4-2)16-20-24/h7-8,11-14,17-18,22,24H,3-4,9-10,15-16,19-20H2,1-2H3/b11-7+,12-8+. The van der Waals surface area contributed by atoms with E-state index in [9.17, 15) is 0 Å². The Balaban J connectivity index is 1.73. The molecule has 24 heavy (non-hydrogen) atoms. The van der Waals surface area contributed by atoms with Crippen LogP contribution in [0.2, 0.25) is 0 Å². The first kappa shape index (κ1) is 18.6. The van der Waals surface area contributed by atoms with Gasteiger partial charge in [-0.1, -0.05) is 75.3 Å². The van der Waals surface area contributed by atoms with Crippen molar-refractivity contribution in [2.45, 2.75) is 65.2 Å². The van der Waals surface area contributed by atoms with Crippen molar-refractivity contribution in [2.24, 2.45) is 11.8 Å². The van der Waals surface area contributed by atoms with E-state index in [4.69, 9.17) is 0 Å². The number of benzene rings is 1. The van der Waals surface area contributed by atoms with Gasteiger partial charge in [0.25, 0.3) is 0 Å². The predicted molar refractivity (Wildman–Crippen MR) is 107 cm³/mol. The second kappa shape index (κ2) is 10.9. The minimum atomic E-state index is 0.752. The van der Waals surface area contributed by atoms with Crippen molar-refractivity contribution in [3.8, 4) is 11.8 Å². The van der Waals surface area contributed by atoms with Gasteiger partial charge in [0, 0.05) is 0 Å². The molecule has 1 fully saturated rings. The SMILES string of the molecule is CCCc1ccc(/C=C/C#C/C=C/C2CCC(CCC)CC2)cc1. The fourth-order valence-corrected chi connectivity index (χ4v) is 3.58. The molecular formula is C24H32. The normalized spacial score (nSPS) is 21.1. The van der Waals surface area contributed by atoms with Crippen LogP contribution in [0.1, 0.15) is 69.9 Å². The van der Waals surface area contributed by atoms with Gasteiger partial charge in [-0.05, 0) is 73.3 Å². The molecule has 1 aliphatic carbocycles. The molecule has 0 atom stereocenters. The topological polar surface area (TPSA) is 0 Å². The highest BCUT2D eigenvalue weighted by atomic mass is 14.2. The lowest BCUT2D eigenvalue weighted by atomic mass is 9.80. The highest BCUT2D eigenvalue weighted by Gasteiger charge is 2.18. The Hall–Kier alpha value is -1.74. The molecule has 0 aromatic heterocycles. The van der Waals surface area contributed by atoms with Gasteiger partial charge < -0.3 is 0 Å². The minimum Gasteiger partial charge on any atom is -0.0730 e. The van der Waals surface area contributed by atoms with E-state index in [0.717, 1.165) is 18.3 Å². The Kier molecular flexibility index (Phi) is 8.47. The van der Waals surface area contributed by atoms with Gasteiger partial charge in [0.05, 0.1) is 0 Å². The zero-order valence-electron chi connectivity index (χ0n) is 15.4. The monoisotopic (exact) mass is 320 g/mol. The van der Waals surface area contributed by atoms with Gasteiger partial charge in [-0.15, -0.1) is 0 Å². The Bertz CT molecular complexity index is 569. The molecule has 1 aromatic carbocycles. The maximum atomic E-state index is 3.15.